The van der Waals surface area contributed by atoms with Crippen molar-refractivity contribution in [1.29, 1.82) is 0 Å². The van der Waals surface area contributed by atoms with Crippen molar-refractivity contribution in [1.82, 2.24) is 0 Å². The van der Waals surface area contributed by atoms with Crippen molar-refractivity contribution in [2.45, 2.75) is 4.71 Å². The summed E-state index contributed by atoms with van der Waals surface area (Å²) in [5.41, 5.74) is 5.30. The summed E-state index contributed by atoms with van der Waals surface area (Å²) in [5.74, 6) is 0. The van der Waals surface area contributed by atoms with E-state index in [-0.39, 0.29) is 0 Å². The maximum Gasteiger partial charge on any atom is 0.0993 e. The van der Waals surface area contributed by atoms with E-state index in [1.807, 2.05) is 0 Å². The minimum Gasteiger partial charge on any atom is -0.311 e. The molecule has 1 aliphatic rings. The molecule has 5 heavy (non-hydrogen) atoms. The van der Waals surface area contributed by atoms with E-state index >= 15 is 0 Å². The van der Waals surface area contributed by atoms with Gasteiger partial charge < -0.3 is 5.73 Å². The van der Waals surface area contributed by atoms with Gasteiger partial charge in [-0.2, -0.15) is 0 Å². The first kappa shape index (κ1) is 3.84. The third-order valence-corrected chi connectivity index (χ3v) is 3.03. The van der Waals surface area contributed by atoms with Gasteiger partial charge in [0.2, 0.25) is 0 Å². The van der Waals surface area contributed by atoms with Gasteiger partial charge in [-0.25, -0.2) is 0 Å². The Morgan fingerprint density at radius 2 is 2.00 bits per heavy atom. The molecular formula is C2H5NS2. The normalized spacial score (nSPS) is 25.8. The molecule has 0 spiro atoms. The lowest BCUT2D eigenvalue weighted by molar-refractivity contribution is 1.29. The minimum absolute atomic E-state index is 0.398. The third-order valence-electron chi connectivity index (χ3n) is 0.465. The van der Waals surface area contributed by atoms with Gasteiger partial charge in [0.15, 0.2) is 0 Å². The van der Waals surface area contributed by atoms with Crippen LogP contribution in [0.5, 0.6) is 0 Å². The Hall–Kier alpha value is 0.660. The summed E-state index contributed by atoms with van der Waals surface area (Å²) in [7, 11) is 0. The lowest BCUT2D eigenvalue weighted by Gasteiger charge is -2.17. The fraction of sp³-hybridized carbons (Fsp3) is 1.00. The monoisotopic (exact) mass is 107 g/mol. The van der Waals surface area contributed by atoms with Crippen LogP contribution in [0.2, 0.25) is 0 Å². The van der Waals surface area contributed by atoms with Crippen LogP contribution in [0.1, 0.15) is 0 Å². The first-order valence-electron chi connectivity index (χ1n) is 1.38. The second kappa shape index (κ2) is 1.41. The van der Waals surface area contributed by atoms with E-state index in [1.165, 1.54) is 5.08 Å². The predicted molar refractivity (Wildman–Crippen MR) is 28.0 cm³/mol. The lowest BCUT2D eigenvalue weighted by atomic mass is 11.5. The molecule has 0 aromatic carbocycles. The molecule has 0 amide bonds. The van der Waals surface area contributed by atoms with Gasteiger partial charge in [-0.05, 0) is 0 Å². The molecule has 1 nitrogen and oxygen atoms in total. The number of hydrogen-bond donors (Lipinski definition) is 1. The first-order chi connectivity index (χ1) is 2.39. The van der Waals surface area contributed by atoms with E-state index in [2.05, 4.69) is 0 Å². The van der Waals surface area contributed by atoms with E-state index in [4.69, 9.17) is 5.73 Å². The zero-order chi connectivity index (χ0) is 3.70. The Bertz CT molecular complexity index is 34.6. The highest BCUT2D eigenvalue weighted by Gasteiger charge is 2.11. The summed E-state index contributed by atoms with van der Waals surface area (Å²) in [5, 5.41) is 1.20. The molecule has 0 unspecified atom stereocenters. The van der Waals surface area contributed by atoms with Gasteiger partial charge in [-0.3, -0.25) is 0 Å². The molecule has 1 heterocycles. The topological polar surface area (TPSA) is 26.0 Å². The van der Waals surface area contributed by atoms with Gasteiger partial charge >= 0.3 is 0 Å². The molecular weight excluding hydrogens is 102 g/mol. The van der Waals surface area contributed by atoms with Crippen LogP contribution in [0.25, 0.3) is 0 Å². The summed E-state index contributed by atoms with van der Waals surface area (Å²) in [6, 6.07) is 0. The highest BCUT2D eigenvalue weighted by atomic mass is 32.3. The van der Waals surface area contributed by atoms with Crippen LogP contribution in [0.15, 0.2) is 0 Å². The first-order valence-corrected chi connectivity index (χ1v) is 3.48. The van der Waals surface area contributed by atoms with E-state index in [0.717, 1.165) is 0 Å². The molecule has 0 aromatic rings. The minimum atomic E-state index is 0.398. The zero-order valence-electron chi connectivity index (χ0n) is 2.68. The van der Waals surface area contributed by atoms with Gasteiger partial charge in [0, 0.05) is 5.08 Å². The third kappa shape index (κ3) is 0.743. The van der Waals surface area contributed by atoms with Crippen LogP contribution in [0.3, 0.4) is 0 Å². The zero-order valence-corrected chi connectivity index (χ0v) is 4.31. The van der Waals surface area contributed by atoms with Crippen molar-refractivity contribution >= 4 is 23.5 Å². The molecule has 1 fully saturated rings. The SMILES string of the molecule is NC1SCS1. The summed E-state index contributed by atoms with van der Waals surface area (Å²) >= 11 is 3.60. The molecule has 1 saturated heterocycles. The predicted octanol–water partition coefficient (Wildman–Crippen LogP) is 0.666. The maximum atomic E-state index is 5.30. The summed E-state index contributed by atoms with van der Waals surface area (Å²) in [6.45, 7) is 0. The van der Waals surface area contributed by atoms with Gasteiger partial charge in [-0.1, -0.05) is 0 Å². The molecule has 0 atom stereocenters. The molecule has 0 aliphatic carbocycles. The standard InChI is InChI=1S/C2H5NS2/c3-2-4-1-5-2/h2H,1,3H2. The highest BCUT2D eigenvalue weighted by molar-refractivity contribution is 8.32. The average molecular weight is 107 g/mol. The fourth-order valence-electron chi connectivity index (χ4n) is 0.147. The van der Waals surface area contributed by atoms with Gasteiger partial charge in [0.05, 0.1) is 4.71 Å². The molecule has 0 bridgehead atoms. The molecule has 0 aromatic heterocycles. The van der Waals surface area contributed by atoms with Crippen molar-refractivity contribution in [3.8, 4) is 0 Å². The fourth-order valence-corrected chi connectivity index (χ4v) is 1.32. The van der Waals surface area contributed by atoms with E-state index in [9.17, 15) is 0 Å². The Balaban J connectivity index is 2.08. The Kier molecular flexibility index (Phi) is 1.08. The molecule has 2 N–H and O–H groups in total. The van der Waals surface area contributed by atoms with Crippen molar-refractivity contribution in [2.75, 3.05) is 5.08 Å². The maximum absolute atomic E-state index is 5.30. The smallest absolute Gasteiger partial charge is 0.0993 e. The van der Waals surface area contributed by atoms with Crippen molar-refractivity contribution in [3.63, 3.8) is 0 Å². The van der Waals surface area contributed by atoms with Crippen LogP contribution >= 0.6 is 23.5 Å². The number of rotatable bonds is 0. The van der Waals surface area contributed by atoms with Crippen molar-refractivity contribution in [2.24, 2.45) is 5.73 Å². The molecule has 1 rings (SSSR count). The van der Waals surface area contributed by atoms with E-state index < -0.39 is 0 Å². The van der Waals surface area contributed by atoms with Crippen LogP contribution in [-0.4, -0.2) is 9.79 Å². The van der Waals surface area contributed by atoms with Gasteiger partial charge in [-0.15, -0.1) is 23.5 Å². The van der Waals surface area contributed by atoms with Crippen molar-refractivity contribution < 1.29 is 0 Å². The van der Waals surface area contributed by atoms with Crippen LogP contribution < -0.4 is 5.73 Å². The highest BCUT2D eigenvalue weighted by Crippen LogP contribution is 2.33. The summed E-state index contributed by atoms with van der Waals surface area (Å²) < 4.78 is 0.398. The largest absolute Gasteiger partial charge is 0.311 e. The summed E-state index contributed by atoms with van der Waals surface area (Å²) in [6.07, 6.45) is 0. The van der Waals surface area contributed by atoms with Crippen LogP contribution in [-0.2, 0) is 0 Å². The quantitative estimate of drug-likeness (QED) is 0.492. The van der Waals surface area contributed by atoms with Crippen molar-refractivity contribution in [3.05, 3.63) is 0 Å². The number of nitrogens with two attached hydrogens (primary N) is 1. The number of hydrogen-bond acceptors (Lipinski definition) is 3. The Morgan fingerprint density at radius 1 is 1.60 bits per heavy atom. The molecule has 30 valence electrons. The average Bonchev–Trinajstić information content (AvgIpc) is 1.30. The Morgan fingerprint density at radius 3 is 2.00 bits per heavy atom. The molecule has 3 heteroatoms. The van der Waals surface area contributed by atoms with E-state index in [1.54, 1.807) is 23.5 Å². The second-order valence-corrected chi connectivity index (χ2v) is 3.74. The molecule has 0 saturated carbocycles. The molecule has 1 aliphatic heterocycles. The van der Waals surface area contributed by atoms with Gasteiger partial charge in [0.1, 0.15) is 0 Å². The summed E-state index contributed by atoms with van der Waals surface area (Å²) in [4.78, 5) is 0. The van der Waals surface area contributed by atoms with E-state index in [0.29, 0.717) is 4.71 Å². The number of thioether (sulfide) groups is 2. The van der Waals surface area contributed by atoms with Crippen LogP contribution in [0.4, 0.5) is 0 Å². The van der Waals surface area contributed by atoms with Crippen LogP contribution in [0, 0.1) is 0 Å². The molecule has 0 radical (unpaired) electrons. The van der Waals surface area contributed by atoms with Gasteiger partial charge in [0.25, 0.3) is 0 Å². The lowest BCUT2D eigenvalue weighted by Crippen LogP contribution is -2.17. The second-order valence-electron chi connectivity index (χ2n) is 0.820. The Labute approximate surface area is 39.7 Å².